The Hall–Kier alpha value is -4.24. The molecule has 6 aromatic heterocycles. The Balaban J connectivity index is 0.687. The first-order chi connectivity index (χ1) is 45.7. The third kappa shape index (κ3) is 13.0. The van der Waals surface area contributed by atoms with E-state index in [9.17, 15) is 71.7 Å². The average molecular weight is 1570 g/mol. The van der Waals surface area contributed by atoms with Crippen LogP contribution in [0.3, 0.4) is 0 Å². The lowest BCUT2D eigenvalue weighted by Crippen LogP contribution is -2.38. The van der Waals surface area contributed by atoms with Crippen LogP contribution in [0, 0.1) is 0 Å². The number of aliphatic hydroxyl groups excluding tert-OH is 6. The second-order valence-corrected chi connectivity index (χ2v) is 34.4. The van der Waals surface area contributed by atoms with Crippen LogP contribution >= 0.6 is 70.4 Å². The van der Waals surface area contributed by atoms with Crippen LogP contribution in [0.4, 0.5) is 17.5 Å². The van der Waals surface area contributed by atoms with Gasteiger partial charge in [-0.25, -0.2) is 85.9 Å². The number of phosphoric acid groups is 9. The maximum absolute atomic E-state index is 14.9. The summed E-state index contributed by atoms with van der Waals surface area (Å²) in [7, 11) is -52.2. The van der Waals surface area contributed by atoms with Crippen LogP contribution in [0.5, 0.6) is 0 Å². The van der Waals surface area contributed by atoms with Crippen molar-refractivity contribution in [1.82, 2.24) is 80.1 Å². The molecular formula is C30H36N19O39P9. The molecule has 0 radical (unpaired) electrons. The molecule has 0 amide bonds. The fourth-order valence-corrected chi connectivity index (χ4v) is 22.8. The molecule has 11 aliphatic heterocycles. The van der Waals surface area contributed by atoms with Gasteiger partial charge in [-0.2, -0.15) is 25.9 Å². The Kier molecular flexibility index (Phi) is 17.3. The van der Waals surface area contributed by atoms with Crippen molar-refractivity contribution in [2.24, 2.45) is 0 Å². The molecule has 0 spiro atoms. The predicted molar refractivity (Wildman–Crippen MR) is 280 cm³/mol. The molecule has 11 aliphatic rings. The SMILES string of the molecule is Nc1ncnc2c1ncn2[C@@H]1O[C@H](COP2(=O)ON(OP(=O)(OC[C@H]3O[C@@H](n4cnc5c(N)ncnc54)[C@H](O)[C@@H]3O)OP3(=O)ON4OP(=O)(O4)O3)OP(=O)(OP3(=O)ON(OP(=O)(OC[C@H]4O[C@@H](n5cnc6c(N)ncnc65)[C@H](O)[C@@H]4O)OP4(=O)ON5OP(=O)(O5)O4)O3)O2)[C@@H](O)[C@H]1O. The molecule has 67 heteroatoms. The zero-order valence-corrected chi connectivity index (χ0v) is 54.1. The Morgan fingerprint density at radius 3 is 1.14 bits per heavy atom. The lowest BCUT2D eigenvalue weighted by atomic mass is 10.1. The van der Waals surface area contributed by atoms with Gasteiger partial charge in [-0.1, -0.05) is 0 Å². The number of nitrogens with zero attached hydrogens (tertiary/aromatic N) is 16. The fourth-order valence-electron chi connectivity index (χ4n) is 9.23. The van der Waals surface area contributed by atoms with E-state index in [4.69, 9.17) is 90.0 Å². The van der Waals surface area contributed by atoms with Crippen LogP contribution in [-0.4, -0.2) is 186 Å². The van der Waals surface area contributed by atoms with E-state index in [2.05, 4.69) is 81.2 Å². The van der Waals surface area contributed by atoms with Gasteiger partial charge < -0.3 is 62.1 Å². The van der Waals surface area contributed by atoms with E-state index in [1.807, 2.05) is 0 Å². The topological polar surface area (TPSA) is 718 Å². The smallest absolute Gasteiger partial charge is 0.387 e. The molecule has 4 bridgehead atoms. The molecule has 6 unspecified atom stereocenters. The van der Waals surface area contributed by atoms with E-state index < -0.39 is 175 Å². The predicted octanol–water partition coefficient (Wildman–Crippen LogP) is -0.299. The molecule has 0 saturated carbocycles. The minimum atomic E-state index is -6.49. The molecule has 97 heavy (non-hydrogen) atoms. The Morgan fingerprint density at radius 1 is 0.423 bits per heavy atom. The van der Waals surface area contributed by atoms with E-state index in [1.165, 1.54) is 0 Å². The molecule has 17 heterocycles. The summed E-state index contributed by atoms with van der Waals surface area (Å²) in [4.78, 5) is 35.6. The molecule has 0 aliphatic carbocycles. The van der Waals surface area contributed by atoms with Gasteiger partial charge in [0.25, 0.3) is 0 Å². The van der Waals surface area contributed by atoms with E-state index in [0.717, 1.165) is 51.7 Å². The number of hydrogen-bond donors (Lipinski definition) is 9. The van der Waals surface area contributed by atoms with Crippen molar-refractivity contribution in [3.05, 3.63) is 38.0 Å². The number of rotatable bonds is 22. The first-order valence-electron chi connectivity index (χ1n) is 25.7. The van der Waals surface area contributed by atoms with E-state index in [-0.39, 0.29) is 61.7 Å². The van der Waals surface area contributed by atoms with Crippen molar-refractivity contribution in [2.45, 2.75) is 73.6 Å². The van der Waals surface area contributed by atoms with Gasteiger partial charge in [0.1, 0.15) is 112 Å². The highest BCUT2D eigenvalue weighted by Crippen LogP contribution is 2.84. The van der Waals surface area contributed by atoms with Gasteiger partial charge >= 0.3 is 70.4 Å². The summed E-state index contributed by atoms with van der Waals surface area (Å²) in [5.74, 6) is -0.364. The van der Waals surface area contributed by atoms with Crippen molar-refractivity contribution in [3.63, 3.8) is 0 Å². The largest absolute Gasteiger partial charge is 0.524 e. The first kappa shape index (κ1) is 68.5. The number of ether oxygens (including phenoxy) is 3. The second-order valence-electron chi connectivity index (χ2n) is 19.7. The molecule has 17 rings (SSSR count). The molecule has 11 saturated heterocycles. The third-order valence-electron chi connectivity index (χ3n) is 13.4. The highest BCUT2D eigenvalue weighted by molar-refractivity contribution is 7.70. The molecule has 11 fully saturated rings. The van der Waals surface area contributed by atoms with Gasteiger partial charge in [0.15, 0.2) is 53.1 Å². The highest BCUT2D eigenvalue weighted by Gasteiger charge is 2.68. The molecule has 18 atom stereocenters. The van der Waals surface area contributed by atoms with Gasteiger partial charge in [0, 0.05) is 0 Å². The molecule has 6 aromatic rings. The number of imidazole rings is 3. The summed E-state index contributed by atoms with van der Waals surface area (Å²) in [6.45, 7) is -4.03. The number of fused-ring (bicyclic) bond motifs is 7. The van der Waals surface area contributed by atoms with Crippen LogP contribution in [0.2, 0.25) is 0 Å². The van der Waals surface area contributed by atoms with E-state index >= 15 is 0 Å². The number of aromatic nitrogens is 12. The number of nitrogen functional groups attached to an aromatic ring is 3. The number of aliphatic hydroxyl groups is 6. The van der Waals surface area contributed by atoms with Gasteiger partial charge in [0.05, 0.1) is 38.8 Å². The van der Waals surface area contributed by atoms with Gasteiger partial charge in [-0.3, -0.25) is 27.3 Å². The standard InChI is InChI=1S/C30H36N19O39P9/c31-22-13-25(37-4-34-22)43(7-40-13)28-19(53)16(50)10(68-28)1-65-89(56)71-46(72-90(57,84-96(63)81-48-76-93(60,77-48)87-96)66-2-11-17(51)20(54)29(69-11)44-8-41-14-23(32)35-5-38-26(14)44)80-95(62,83-89)86-92(59)74-47(75-92)73-91(58,85-97(64)82-49-78-94(61,79-49)88-97)67-3-12-18(52)21(55)30(70-12)45-9-42-15-24(33)36-6-39-27(15)45/h4-12,16-21,28-30,50-55H,1-3H2,(H2,31,34,37)(H2,32,35,38)(H2,33,36,39)/t10-,11-,12-,16-,17-,18-,19-,20-,21-,28-,29-,30-,89?,90?,91?,95?,96?,97?/m1/s1. The summed E-state index contributed by atoms with van der Waals surface area (Å²) in [5, 5.41) is 64.4. The zero-order valence-electron chi connectivity index (χ0n) is 46.1. The second kappa shape index (κ2) is 24.5. The Morgan fingerprint density at radius 2 is 0.773 bits per heavy atom. The fraction of sp³-hybridized carbons (Fsp3) is 0.500. The maximum Gasteiger partial charge on any atom is 0.524 e. The number of nitrogens with two attached hydrogens (primary N) is 3. The monoisotopic (exact) mass is 1560 g/mol. The van der Waals surface area contributed by atoms with Gasteiger partial charge in [-0.05, 0) is 0 Å². The Labute approximate surface area is 529 Å². The van der Waals surface area contributed by atoms with Crippen LogP contribution in [-0.2, 0) is 150 Å². The van der Waals surface area contributed by atoms with Crippen molar-refractivity contribution < 1.29 is 181 Å². The lowest BCUT2D eigenvalue weighted by Gasteiger charge is -2.40. The van der Waals surface area contributed by atoms with Gasteiger partial charge in [0.2, 0.25) is 0 Å². The molecule has 12 N–H and O–H groups in total. The minimum Gasteiger partial charge on any atom is -0.387 e. The van der Waals surface area contributed by atoms with Crippen LogP contribution in [0.15, 0.2) is 38.0 Å². The summed E-state index contributed by atoms with van der Waals surface area (Å²) in [6, 6.07) is 0. The average Bonchev–Trinajstić information content (AvgIpc) is 1.56. The van der Waals surface area contributed by atoms with Crippen LogP contribution in [0.1, 0.15) is 18.7 Å². The van der Waals surface area contributed by atoms with Crippen LogP contribution in [0.25, 0.3) is 33.5 Å². The zero-order chi connectivity index (χ0) is 68.4. The third-order valence-corrected chi connectivity index (χ3v) is 28.4. The number of anilines is 3. The lowest BCUT2D eigenvalue weighted by molar-refractivity contribution is -0.497. The van der Waals surface area contributed by atoms with Crippen molar-refractivity contribution in [2.75, 3.05) is 37.0 Å². The van der Waals surface area contributed by atoms with Crippen molar-refractivity contribution in [3.8, 4) is 0 Å². The quantitative estimate of drug-likeness (QED) is 0.0394. The summed E-state index contributed by atoms with van der Waals surface area (Å²) >= 11 is 0. The van der Waals surface area contributed by atoms with Crippen LogP contribution < -0.4 is 17.2 Å². The Bertz CT molecular complexity index is 4590. The van der Waals surface area contributed by atoms with Crippen molar-refractivity contribution >= 4 is 121 Å². The summed E-state index contributed by atoms with van der Waals surface area (Å²) in [5.41, 5.74) is 17.5. The first-order valence-corrected chi connectivity index (χ1v) is 38.9. The minimum absolute atomic E-state index is 0.00271. The maximum atomic E-state index is 14.9. The van der Waals surface area contributed by atoms with E-state index in [0.29, 0.717) is 0 Å². The molecule has 0 aromatic carbocycles. The van der Waals surface area contributed by atoms with E-state index in [1.54, 1.807) is 0 Å². The molecule has 58 nitrogen and oxygen atoms in total. The molecular weight excluding hydrogens is 1530 g/mol. The highest BCUT2D eigenvalue weighted by atomic mass is 31.3. The molecule has 530 valence electrons. The van der Waals surface area contributed by atoms with Gasteiger partial charge in [-0.15, -0.1) is 55.5 Å². The number of hydrogen-bond acceptors (Lipinski definition) is 55. The van der Waals surface area contributed by atoms with Crippen molar-refractivity contribution in [1.29, 1.82) is 0 Å². The summed E-state index contributed by atoms with van der Waals surface area (Å²) in [6.07, 6.45) is -16.2. The normalized spacial score (nSPS) is 40.8. The summed E-state index contributed by atoms with van der Waals surface area (Å²) < 4.78 is 246.